The van der Waals surface area contributed by atoms with E-state index in [9.17, 15) is 4.79 Å². The normalized spacial score (nSPS) is 10.3. The van der Waals surface area contributed by atoms with Crippen molar-refractivity contribution >= 4 is 28.8 Å². The van der Waals surface area contributed by atoms with Crippen LogP contribution in [0.1, 0.15) is 20.8 Å². The van der Waals surface area contributed by atoms with Gasteiger partial charge in [-0.25, -0.2) is 0 Å². The van der Waals surface area contributed by atoms with Crippen LogP contribution in [-0.4, -0.2) is 5.91 Å². The van der Waals surface area contributed by atoms with Gasteiger partial charge < -0.3 is 11.1 Å². The van der Waals surface area contributed by atoms with Crippen LogP contribution >= 0.6 is 22.9 Å². The Bertz CT molecular complexity index is 536. The lowest BCUT2D eigenvalue weighted by molar-refractivity contribution is 0.0955. The molecule has 0 spiro atoms. The van der Waals surface area contributed by atoms with Crippen LogP contribution in [0.2, 0.25) is 5.02 Å². The summed E-state index contributed by atoms with van der Waals surface area (Å²) in [4.78, 5) is 12.4. The Morgan fingerprint density at radius 1 is 1.22 bits per heavy atom. The first-order chi connectivity index (χ1) is 8.70. The fraction of sp³-hybridized carbons (Fsp3) is 0.154. The molecular weight excluding hydrogens is 268 g/mol. The van der Waals surface area contributed by atoms with E-state index in [0.29, 0.717) is 23.0 Å². The number of nitrogens with two attached hydrogens (primary N) is 1. The molecule has 5 heteroatoms. The maximum Gasteiger partial charge on any atom is 0.263 e. The van der Waals surface area contributed by atoms with Gasteiger partial charge >= 0.3 is 0 Å². The van der Waals surface area contributed by atoms with Crippen molar-refractivity contribution in [3.05, 3.63) is 56.7 Å². The molecule has 3 nitrogen and oxygen atoms in total. The summed E-state index contributed by atoms with van der Waals surface area (Å²) in [6, 6.07) is 9.55. The quantitative estimate of drug-likeness (QED) is 0.905. The lowest BCUT2D eigenvalue weighted by Gasteiger charge is -2.05. The second-order valence-electron chi connectivity index (χ2n) is 3.80. The van der Waals surface area contributed by atoms with Crippen molar-refractivity contribution in [3.63, 3.8) is 0 Å². The van der Waals surface area contributed by atoms with Crippen LogP contribution in [0, 0.1) is 0 Å². The molecule has 0 aliphatic rings. The first-order valence-corrected chi connectivity index (χ1v) is 6.75. The van der Waals surface area contributed by atoms with Gasteiger partial charge in [0.05, 0.1) is 5.02 Å². The largest absolute Gasteiger partial charge is 0.347 e. The molecule has 0 aliphatic carbocycles. The Labute approximate surface area is 115 Å². The molecule has 18 heavy (non-hydrogen) atoms. The summed E-state index contributed by atoms with van der Waals surface area (Å²) in [7, 11) is 0. The van der Waals surface area contributed by atoms with Gasteiger partial charge in [-0.15, -0.1) is 11.3 Å². The molecule has 94 valence electrons. The van der Waals surface area contributed by atoms with Gasteiger partial charge in [0.1, 0.15) is 4.88 Å². The predicted octanol–water partition coefficient (Wildman–Crippen LogP) is 2.79. The van der Waals surface area contributed by atoms with Crippen molar-refractivity contribution in [2.75, 3.05) is 0 Å². The van der Waals surface area contributed by atoms with E-state index in [4.69, 9.17) is 17.3 Å². The average molecular weight is 281 g/mol. The molecule has 2 rings (SSSR count). The van der Waals surface area contributed by atoms with Crippen LogP contribution in [-0.2, 0) is 13.1 Å². The molecule has 0 fully saturated rings. The fourth-order valence-electron chi connectivity index (χ4n) is 1.51. The lowest BCUT2D eigenvalue weighted by atomic mass is 10.1. The Balaban J connectivity index is 1.95. The van der Waals surface area contributed by atoms with Crippen LogP contribution in [0.25, 0.3) is 0 Å². The van der Waals surface area contributed by atoms with Gasteiger partial charge in [0, 0.05) is 13.1 Å². The molecule has 0 atom stereocenters. The number of thiophene rings is 1. The second-order valence-corrected chi connectivity index (χ2v) is 5.12. The van der Waals surface area contributed by atoms with Crippen molar-refractivity contribution in [3.8, 4) is 0 Å². The summed E-state index contributed by atoms with van der Waals surface area (Å²) >= 11 is 7.23. The van der Waals surface area contributed by atoms with Crippen LogP contribution < -0.4 is 11.1 Å². The van der Waals surface area contributed by atoms with Crippen molar-refractivity contribution in [2.24, 2.45) is 5.73 Å². The standard InChI is InChI=1S/C13H13ClN2OS/c14-11-5-6-18-12(11)13(17)16-8-10-3-1-9(7-15)2-4-10/h1-6H,7-8,15H2,(H,16,17). The van der Waals surface area contributed by atoms with E-state index in [0.717, 1.165) is 11.1 Å². The highest BCUT2D eigenvalue weighted by atomic mass is 35.5. The first kappa shape index (κ1) is 13.1. The van der Waals surface area contributed by atoms with E-state index >= 15 is 0 Å². The number of rotatable bonds is 4. The van der Waals surface area contributed by atoms with Gasteiger partial charge in [-0.05, 0) is 22.6 Å². The molecular formula is C13H13ClN2OS. The highest BCUT2D eigenvalue weighted by Crippen LogP contribution is 2.21. The summed E-state index contributed by atoms with van der Waals surface area (Å²) in [5, 5.41) is 5.13. The number of carbonyl (C=O) groups is 1. The summed E-state index contributed by atoms with van der Waals surface area (Å²) in [5.41, 5.74) is 7.63. The molecule has 1 heterocycles. The Kier molecular flexibility index (Phi) is 4.36. The second kappa shape index (κ2) is 6.00. The minimum absolute atomic E-state index is 0.141. The Morgan fingerprint density at radius 2 is 1.89 bits per heavy atom. The molecule has 2 aromatic rings. The molecule has 0 unspecified atom stereocenters. The van der Waals surface area contributed by atoms with Crippen LogP contribution in [0.15, 0.2) is 35.7 Å². The summed E-state index contributed by atoms with van der Waals surface area (Å²) in [6.45, 7) is 1.01. The van der Waals surface area contributed by atoms with Gasteiger partial charge in [0.2, 0.25) is 0 Å². The predicted molar refractivity (Wildman–Crippen MR) is 74.8 cm³/mol. The van der Waals surface area contributed by atoms with E-state index < -0.39 is 0 Å². The zero-order chi connectivity index (χ0) is 13.0. The van der Waals surface area contributed by atoms with Crippen molar-refractivity contribution in [2.45, 2.75) is 13.1 Å². The Hall–Kier alpha value is -1.36. The molecule has 1 amide bonds. The number of benzene rings is 1. The zero-order valence-electron chi connectivity index (χ0n) is 9.65. The van der Waals surface area contributed by atoms with Gasteiger partial charge in [-0.1, -0.05) is 35.9 Å². The lowest BCUT2D eigenvalue weighted by Crippen LogP contribution is -2.22. The van der Waals surface area contributed by atoms with E-state index in [1.54, 1.807) is 11.4 Å². The topological polar surface area (TPSA) is 55.1 Å². The average Bonchev–Trinajstić information content (AvgIpc) is 2.83. The summed E-state index contributed by atoms with van der Waals surface area (Å²) in [5.74, 6) is -0.141. The molecule has 0 bridgehead atoms. The summed E-state index contributed by atoms with van der Waals surface area (Å²) in [6.07, 6.45) is 0. The summed E-state index contributed by atoms with van der Waals surface area (Å²) < 4.78 is 0. The van der Waals surface area contributed by atoms with Gasteiger partial charge in [0.15, 0.2) is 0 Å². The number of nitrogens with one attached hydrogen (secondary N) is 1. The SMILES string of the molecule is NCc1ccc(CNC(=O)c2sccc2Cl)cc1. The molecule has 0 radical (unpaired) electrons. The van der Waals surface area contributed by atoms with E-state index in [1.807, 2.05) is 24.3 Å². The molecule has 1 aromatic carbocycles. The molecule has 0 aliphatic heterocycles. The zero-order valence-corrected chi connectivity index (χ0v) is 11.2. The smallest absolute Gasteiger partial charge is 0.263 e. The van der Waals surface area contributed by atoms with Crippen molar-refractivity contribution < 1.29 is 4.79 Å². The van der Waals surface area contributed by atoms with E-state index in [1.165, 1.54) is 11.3 Å². The van der Waals surface area contributed by atoms with E-state index in [-0.39, 0.29) is 5.91 Å². The van der Waals surface area contributed by atoms with Crippen LogP contribution in [0.5, 0.6) is 0 Å². The number of hydrogen-bond donors (Lipinski definition) is 2. The monoisotopic (exact) mass is 280 g/mol. The van der Waals surface area contributed by atoms with E-state index in [2.05, 4.69) is 5.32 Å². The van der Waals surface area contributed by atoms with Crippen LogP contribution in [0.4, 0.5) is 0 Å². The molecule has 3 N–H and O–H groups in total. The third kappa shape index (κ3) is 3.10. The molecule has 1 aromatic heterocycles. The minimum Gasteiger partial charge on any atom is -0.347 e. The number of amides is 1. The van der Waals surface area contributed by atoms with Crippen LogP contribution in [0.3, 0.4) is 0 Å². The maximum absolute atomic E-state index is 11.8. The highest BCUT2D eigenvalue weighted by molar-refractivity contribution is 7.12. The van der Waals surface area contributed by atoms with Gasteiger partial charge in [0.25, 0.3) is 5.91 Å². The number of halogens is 1. The molecule has 0 saturated heterocycles. The fourth-order valence-corrected chi connectivity index (χ4v) is 2.57. The van der Waals surface area contributed by atoms with Crippen molar-refractivity contribution in [1.29, 1.82) is 0 Å². The highest BCUT2D eigenvalue weighted by Gasteiger charge is 2.10. The molecule has 0 saturated carbocycles. The van der Waals surface area contributed by atoms with Crippen molar-refractivity contribution in [1.82, 2.24) is 5.32 Å². The minimum atomic E-state index is -0.141. The van der Waals surface area contributed by atoms with Gasteiger partial charge in [-0.2, -0.15) is 0 Å². The number of hydrogen-bond acceptors (Lipinski definition) is 3. The maximum atomic E-state index is 11.8. The third-order valence-electron chi connectivity index (χ3n) is 2.54. The Morgan fingerprint density at radius 3 is 2.44 bits per heavy atom. The first-order valence-electron chi connectivity index (χ1n) is 5.50. The van der Waals surface area contributed by atoms with Gasteiger partial charge in [-0.3, -0.25) is 4.79 Å². The third-order valence-corrected chi connectivity index (χ3v) is 3.88. The number of carbonyl (C=O) groups excluding carboxylic acids is 1.